The Morgan fingerprint density at radius 2 is 2.33 bits per heavy atom. The van der Waals surface area contributed by atoms with Crippen LogP contribution < -0.4 is 0 Å². The maximum Gasteiger partial charge on any atom is 0.309 e. The molecule has 1 atom stereocenters. The van der Waals surface area contributed by atoms with Crippen LogP contribution in [0.5, 0.6) is 0 Å². The minimum absolute atomic E-state index is 0.174. The van der Waals surface area contributed by atoms with Crippen molar-refractivity contribution in [2.24, 2.45) is 5.92 Å². The first-order chi connectivity index (χ1) is 4.22. The van der Waals surface area contributed by atoms with Crippen molar-refractivity contribution in [2.75, 3.05) is 12.5 Å². The van der Waals surface area contributed by atoms with E-state index in [1.807, 2.05) is 0 Å². The van der Waals surface area contributed by atoms with E-state index in [2.05, 4.69) is 4.74 Å². The minimum Gasteiger partial charge on any atom is -0.466 e. The lowest BCUT2D eigenvalue weighted by molar-refractivity contribution is -0.146. The van der Waals surface area contributed by atoms with Crippen LogP contribution in [-0.2, 0) is 9.53 Å². The van der Waals surface area contributed by atoms with Crippen molar-refractivity contribution in [1.82, 2.24) is 0 Å². The van der Waals surface area contributed by atoms with E-state index in [0.29, 0.717) is 12.5 Å². The van der Waals surface area contributed by atoms with Crippen LogP contribution in [0.2, 0.25) is 0 Å². The molecular formula is C6H11ClO2. The van der Waals surface area contributed by atoms with Crippen LogP contribution >= 0.6 is 11.6 Å². The van der Waals surface area contributed by atoms with Crippen LogP contribution in [0.3, 0.4) is 0 Å². The molecule has 0 aromatic heterocycles. The standard InChI is InChI=1S/C6H11ClO2/c1-3-9-6(8)5(2)4-7/h5H,3-4H2,1-2H3/t5-/m0/s1. The fourth-order valence-corrected chi connectivity index (χ4v) is 0.474. The largest absolute Gasteiger partial charge is 0.466 e. The molecule has 0 aromatic carbocycles. The highest BCUT2D eigenvalue weighted by Crippen LogP contribution is 1.99. The van der Waals surface area contributed by atoms with Crippen LogP contribution in [-0.4, -0.2) is 18.5 Å². The lowest BCUT2D eigenvalue weighted by Crippen LogP contribution is -2.15. The highest BCUT2D eigenvalue weighted by Gasteiger charge is 2.10. The van der Waals surface area contributed by atoms with E-state index in [4.69, 9.17) is 11.6 Å². The Kier molecular flexibility index (Phi) is 4.50. The van der Waals surface area contributed by atoms with Gasteiger partial charge in [0.2, 0.25) is 0 Å². The number of hydrogen-bond acceptors (Lipinski definition) is 2. The number of hydrogen-bond donors (Lipinski definition) is 0. The van der Waals surface area contributed by atoms with Gasteiger partial charge < -0.3 is 4.74 Å². The predicted molar refractivity (Wildman–Crippen MR) is 36.5 cm³/mol. The first-order valence-corrected chi connectivity index (χ1v) is 3.48. The Morgan fingerprint density at radius 1 is 1.78 bits per heavy atom. The van der Waals surface area contributed by atoms with Crippen molar-refractivity contribution in [3.8, 4) is 0 Å². The molecular weight excluding hydrogens is 140 g/mol. The minimum atomic E-state index is -0.215. The summed E-state index contributed by atoms with van der Waals surface area (Å²) in [6, 6.07) is 0. The van der Waals surface area contributed by atoms with Crippen LogP contribution in [0.4, 0.5) is 0 Å². The van der Waals surface area contributed by atoms with Crippen molar-refractivity contribution >= 4 is 17.6 Å². The smallest absolute Gasteiger partial charge is 0.309 e. The fraction of sp³-hybridized carbons (Fsp3) is 0.833. The average Bonchev–Trinajstić information content (AvgIpc) is 1.87. The van der Waals surface area contributed by atoms with Gasteiger partial charge in [0.15, 0.2) is 0 Å². The molecule has 0 bridgehead atoms. The van der Waals surface area contributed by atoms with Gasteiger partial charge in [0.05, 0.1) is 12.5 Å². The topological polar surface area (TPSA) is 26.3 Å². The second kappa shape index (κ2) is 4.62. The van der Waals surface area contributed by atoms with E-state index in [9.17, 15) is 4.79 Å². The van der Waals surface area contributed by atoms with E-state index in [0.717, 1.165) is 0 Å². The number of alkyl halides is 1. The van der Waals surface area contributed by atoms with E-state index in [-0.39, 0.29) is 11.9 Å². The normalized spacial score (nSPS) is 12.8. The molecule has 0 aromatic rings. The number of ether oxygens (including phenoxy) is 1. The second-order valence-corrected chi connectivity index (χ2v) is 2.12. The zero-order chi connectivity index (χ0) is 7.28. The molecule has 2 nitrogen and oxygen atoms in total. The van der Waals surface area contributed by atoms with Crippen molar-refractivity contribution in [2.45, 2.75) is 13.8 Å². The first kappa shape index (κ1) is 8.76. The van der Waals surface area contributed by atoms with Gasteiger partial charge in [0.1, 0.15) is 0 Å². The molecule has 0 heterocycles. The summed E-state index contributed by atoms with van der Waals surface area (Å²) in [5, 5.41) is 0. The van der Waals surface area contributed by atoms with Gasteiger partial charge in [0, 0.05) is 5.88 Å². The molecule has 0 unspecified atom stereocenters. The maximum atomic E-state index is 10.7. The maximum absolute atomic E-state index is 10.7. The van der Waals surface area contributed by atoms with Crippen LogP contribution in [0, 0.1) is 5.92 Å². The molecule has 0 saturated carbocycles. The van der Waals surface area contributed by atoms with Crippen LogP contribution in [0.25, 0.3) is 0 Å². The molecule has 0 saturated heterocycles. The molecule has 9 heavy (non-hydrogen) atoms. The molecule has 0 radical (unpaired) electrons. The molecule has 0 aliphatic heterocycles. The third kappa shape index (κ3) is 3.36. The summed E-state index contributed by atoms with van der Waals surface area (Å²) < 4.78 is 4.67. The molecule has 0 amide bonds. The average molecular weight is 151 g/mol. The zero-order valence-electron chi connectivity index (χ0n) is 5.69. The summed E-state index contributed by atoms with van der Waals surface area (Å²) in [6.07, 6.45) is 0. The molecule has 0 rings (SSSR count). The summed E-state index contributed by atoms with van der Waals surface area (Å²) in [5.74, 6) is -0.0575. The van der Waals surface area contributed by atoms with Gasteiger partial charge in [-0.3, -0.25) is 4.79 Å². The fourth-order valence-electron chi connectivity index (χ4n) is 0.348. The SMILES string of the molecule is CCOC(=O)[C@@H](C)CCl. The first-order valence-electron chi connectivity index (χ1n) is 2.95. The number of carbonyl (C=O) groups is 1. The van der Waals surface area contributed by atoms with Crippen LogP contribution in [0.1, 0.15) is 13.8 Å². The lowest BCUT2D eigenvalue weighted by atomic mass is 10.2. The van der Waals surface area contributed by atoms with Crippen molar-refractivity contribution < 1.29 is 9.53 Å². The summed E-state index contributed by atoms with van der Waals surface area (Å²) in [5.41, 5.74) is 0. The molecule has 0 spiro atoms. The molecule has 0 aliphatic carbocycles. The number of carbonyl (C=O) groups excluding carboxylic acids is 1. The summed E-state index contributed by atoms with van der Waals surface area (Å²) in [6.45, 7) is 3.95. The molecule has 0 N–H and O–H groups in total. The molecule has 0 aliphatic rings. The summed E-state index contributed by atoms with van der Waals surface area (Å²) in [4.78, 5) is 10.7. The zero-order valence-corrected chi connectivity index (χ0v) is 6.44. The lowest BCUT2D eigenvalue weighted by Gasteiger charge is -2.04. The third-order valence-corrected chi connectivity index (χ3v) is 1.38. The summed E-state index contributed by atoms with van der Waals surface area (Å²) >= 11 is 5.38. The van der Waals surface area contributed by atoms with Crippen LogP contribution in [0.15, 0.2) is 0 Å². The Morgan fingerprint density at radius 3 is 2.67 bits per heavy atom. The molecule has 3 heteroatoms. The van der Waals surface area contributed by atoms with E-state index in [1.165, 1.54) is 0 Å². The van der Waals surface area contributed by atoms with Crippen molar-refractivity contribution in [3.05, 3.63) is 0 Å². The van der Waals surface area contributed by atoms with Gasteiger partial charge in [-0.05, 0) is 6.92 Å². The van der Waals surface area contributed by atoms with Crippen molar-refractivity contribution in [3.63, 3.8) is 0 Å². The van der Waals surface area contributed by atoms with Gasteiger partial charge in [-0.1, -0.05) is 6.92 Å². The molecule has 0 fully saturated rings. The van der Waals surface area contributed by atoms with Gasteiger partial charge in [0.25, 0.3) is 0 Å². The number of halogens is 1. The highest BCUT2D eigenvalue weighted by molar-refractivity contribution is 6.19. The van der Waals surface area contributed by atoms with Gasteiger partial charge in [-0.25, -0.2) is 0 Å². The quantitative estimate of drug-likeness (QED) is 0.450. The highest BCUT2D eigenvalue weighted by atomic mass is 35.5. The van der Waals surface area contributed by atoms with Gasteiger partial charge >= 0.3 is 5.97 Å². The Hall–Kier alpha value is -0.240. The Labute approximate surface area is 60.1 Å². The van der Waals surface area contributed by atoms with Gasteiger partial charge in [-0.2, -0.15) is 0 Å². The third-order valence-electron chi connectivity index (χ3n) is 0.920. The van der Waals surface area contributed by atoms with E-state index >= 15 is 0 Å². The molecule has 54 valence electrons. The second-order valence-electron chi connectivity index (χ2n) is 1.81. The number of rotatable bonds is 3. The summed E-state index contributed by atoms with van der Waals surface area (Å²) in [7, 11) is 0. The Bertz CT molecular complexity index is 93.1. The monoisotopic (exact) mass is 150 g/mol. The predicted octanol–water partition coefficient (Wildman–Crippen LogP) is 1.42. The van der Waals surface area contributed by atoms with E-state index < -0.39 is 0 Å². The Balaban J connectivity index is 3.46. The number of esters is 1. The van der Waals surface area contributed by atoms with Crippen molar-refractivity contribution in [1.29, 1.82) is 0 Å². The van der Waals surface area contributed by atoms with E-state index in [1.54, 1.807) is 13.8 Å². The van der Waals surface area contributed by atoms with Gasteiger partial charge in [-0.15, -0.1) is 11.6 Å².